The molecular weight excluding hydrogens is 277 g/mol. The van der Waals surface area contributed by atoms with Crippen molar-refractivity contribution in [3.63, 3.8) is 0 Å². The van der Waals surface area contributed by atoms with E-state index >= 15 is 0 Å². The number of nitrogens with one attached hydrogen (secondary N) is 1. The highest BCUT2D eigenvalue weighted by molar-refractivity contribution is 5.84. The van der Waals surface area contributed by atoms with Gasteiger partial charge in [-0.2, -0.15) is 0 Å². The van der Waals surface area contributed by atoms with Gasteiger partial charge in [-0.3, -0.25) is 0 Å². The van der Waals surface area contributed by atoms with E-state index < -0.39 is 5.67 Å². The highest BCUT2D eigenvalue weighted by atomic mass is 19.1. The number of halogens is 1. The summed E-state index contributed by atoms with van der Waals surface area (Å²) in [7, 11) is 2.07. The minimum Gasteiger partial charge on any atom is -0.356 e. The van der Waals surface area contributed by atoms with Crippen LogP contribution in [0.3, 0.4) is 0 Å². The maximum absolute atomic E-state index is 14.2. The Labute approximate surface area is 133 Å². The number of hydrogen-bond donors (Lipinski definition) is 1. The van der Waals surface area contributed by atoms with Crippen LogP contribution in [0.5, 0.6) is 0 Å². The fourth-order valence-electron chi connectivity index (χ4n) is 3.34. The Morgan fingerprint density at radius 2 is 2.18 bits per heavy atom. The summed E-state index contributed by atoms with van der Waals surface area (Å²) in [5.74, 6) is 1.80. The lowest BCUT2D eigenvalue weighted by atomic mass is 9.99. The summed E-state index contributed by atoms with van der Waals surface area (Å²) in [4.78, 5) is 6.90. The van der Waals surface area contributed by atoms with E-state index in [2.05, 4.69) is 35.4 Å². The van der Waals surface area contributed by atoms with Crippen molar-refractivity contribution in [3.05, 3.63) is 36.3 Å². The lowest BCUT2D eigenvalue weighted by Gasteiger charge is -2.33. The van der Waals surface area contributed by atoms with Crippen molar-refractivity contribution in [1.82, 2.24) is 10.2 Å². The second kappa shape index (κ2) is 6.67. The molecule has 0 aromatic heterocycles. The molecule has 0 bridgehead atoms. The first kappa shape index (κ1) is 16.8. The first-order valence-corrected chi connectivity index (χ1v) is 8.11. The highest BCUT2D eigenvalue weighted by Gasteiger charge is 2.31. The van der Waals surface area contributed by atoms with Crippen molar-refractivity contribution in [2.24, 2.45) is 4.99 Å². The summed E-state index contributed by atoms with van der Waals surface area (Å²) in [6.45, 7) is 11.6. The second-order valence-electron chi connectivity index (χ2n) is 6.70. The Morgan fingerprint density at radius 1 is 1.45 bits per heavy atom. The molecule has 1 aliphatic heterocycles. The first-order chi connectivity index (χ1) is 10.3. The van der Waals surface area contributed by atoms with E-state index in [1.54, 1.807) is 6.92 Å². The number of nitrogens with zero attached hydrogens (tertiary/aromatic N) is 2. The van der Waals surface area contributed by atoms with Gasteiger partial charge in [-0.15, -0.1) is 6.58 Å². The Kier molecular flexibility index (Phi) is 5.09. The fourth-order valence-corrected chi connectivity index (χ4v) is 3.34. The summed E-state index contributed by atoms with van der Waals surface area (Å²) in [5, 5.41) is 3.19. The molecule has 4 heteroatoms. The van der Waals surface area contributed by atoms with Gasteiger partial charge < -0.3 is 10.2 Å². The van der Waals surface area contributed by atoms with Crippen molar-refractivity contribution in [3.8, 4) is 0 Å². The van der Waals surface area contributed by atoms with Gasteiger partial charge in [0.25, 0.3) is 0 Å². The SMILES string of the molecule is C=CCC1=C(N(C)C2CCCC(C)(F)CC2)N=C(C)NC1=C. The third kappa shape index (κ3) is 3.79. The predicted octanol–water partition coefficient (Wildman–Crippen LogP) is 4.30. The van der Waals surface area contributed by atoms with E-state index in [4.69, 9.17) is 0 Å². The average molecular weight is 305 g/mol. The lowest BCUT2D eigenvalue weighted by molar-refractivity contribution is 0.159. The highest BCUT2D eigenvalue weighted by Crippen LogP contribution is 2.34. The van der Waals surface area contributed by atoms with Crippen LogP contribution in [0.1, 0.15) is 52.4 Å². The average Bonchev–Trinajstić information content (AvgIpc) is 2.62. The molecule has 1 heterocycles. The molecule has 1 N–H and O–H groups in total. The van der Waals surface area contributed by atoms with Crippen molar-refractivity contribution in [1.29, 1.82) is 0 Å². The normalized spacial score (nSPS) is 29.5. The molecule has 122 valence electrons. The van der Waals surface area contributed by atoms with E-state index in [1.807, 2.05) is 13.0 Å². The van der Waals surface area contributed by atoms with Gasteiger partial charge in [0.1, 0.15) is 17.3 Å². The Hall–Kier alpha value is -1.58. The van der Waals surface area contributed by atoms with Crippen LogP contribution in [0.15, 0.2) is 41.3 Å². The fraction of sp³-hybridized carbons (Fsp3) is 0.611. The first-order valence-electron chi connectivity index (χ1n) is 8.11. The van der Waals surface area contributed by atoms with Crippen LogP contribution in [0.2, 0.25) is 0 Å². The number of aliphatic imine (C=N–C) groups is 1. The van der Waals surface area contributed by atoms with Gasteiger partial charge >= 0.3 is 0 Å². The van der Waals surface area contributed by atoms with Crippen molar-refractivity contribution >= 4 is 5.84 Å². The van der Waals surface area contributed by atoms with Gasteiger partial charge in [0, 0.05) is 24.4 Å². The van der Waals surface area contributed by atoms with Gasteiger partial charge in [0.05, 0.1) is 0 Å². The molecule has 0 spiro atoms. The zero-order valence-electron chi connectivity index (χ0n) is 14.1. The Bertz CT molecular complexity index is 516. The Balaban J connectivity index is 2.25. The molecular formula is C18H28FN3. The monoisotopic (exact) mass is 305 g/mol. The molecule has 2 atom stereocenters. The summed E-state index contributed by atoms with van der Waals surface area (Å²) in [6.07, 6.45) is 6.68. The van der Waals surface area contributed by atoms with Crippen LogP contribution in [0.25, 0.3) is 0 Å². The van der Waals surface area contributed by atoms with Crippen LogP contribution in [-0.4, -0.2) is 29.5 Å². The molecule has 2 unspecified atom stereocenters. The van der Waals surface area contributed by atoms with Crippen molar-refractivity contribution in [2.75, 3.05) is 7.05 Å². The topological polar surface area (TPSA) is 27.6 Å². The van der Waals surface area contributed by atoms with Crippen LogP contribution in [0, 0.1) is 0 Å². The molecule has 3 nitrogen and oxygen atoms in total. The van der Waals surface area contributed by atoms with E-state index in [0.717, 1.165) is 48.6 Å². The molecule has 2 aliphatic rings. The molecule has 0 aromatic carbocycles. The number of alkyl halides is 1. The van der Waals surface area contributed by atoms with Gasteiger partial charge in [-0.1, -0.05) is 12.7 Å². The third-order valence-electron chi connectivity index (χ3n) is 4.70. The van der Waals surface area contributed by atoms with E-state index in [0.29, 0.717) is 18.9 Å². The summed E-state index contributed by atoms with van der Waals surface area (Å²) in [6, 6.07) is 0.329. The molecule has 0 radical (unpaired) electrons. The minimum absolute atomic E-state index is 0.329. The van der Waals surface area contributed by atoms with Crippen LogP contribution >= 0.6 is 0 Å². The Morgan fingerprint density at radius 3 is 2.86 bits per heavy atom. The number of amidine groups is 1. The molecule has 1 saturated carbocycles. The smallest absolute Gasteiger partial charge is 0.136 e. The summed E-state index contributed by atoms with van der Waals surface area (Å²) >= 11 is 0. The van der Waals surface area contributed by atoms with Gasteiger partial charge in [-0.05, 0) is 52.4 Å². The maximum atomic E-state index is 14.2. The van der Waals surface area contributed by atoms with Crippen LogP contribution in [-0.2, 0) is 0 Å². The van der Waals surface area contributed by atoms with Crippen molar-refractivity contribution in [2.45, 2.75) is 64.1 Å². The zero-order valence-corrected chi connectivity index (χ0v) is 14.1. The third-order valence-corrected chi connectivity index (χ3v) is 4.70. The van der Waals surface area contributed by atoms with E-state index in [1.165, 1.54) is 0 Å². The van der Waals surface area contributed by atoms with Crippen molar-refractivity contribution < 1.29 is 4.39 Å². The minimum atomic E-state index is -1.02. The number of allylic oxidation sites excluding steroid dienone is 2. The largest absolute Gasteiger partial charge is 0.356 e. The zero-order chi connectivity index (χ0) is 16.3. The molecule has 1 fully saturated rings. The second-order valence-corrected chi connectivity index (χ2v) is 6.70. The molecule has 0 saturated heterocycles. The predicted molar refractivity (Wildman–Crippen MR) is 91.4 cm³/mol. The molecule has 1 aliphatic carbocycles. The quantitative estimate of drug-likeness (QED) is 0.619. The maximum Gasteiger partial charge on any atom is 0.136 e. The summed E-state index contributed by atoms with van der Waals surface area (Å²) in [5.41, 5.74) is 0.943. The number of rotatable bonds is 4. The number of hydrogen-bond acceptors (Lipinski definition) is 3. The van der Waals surface area contributed by atoms with E-state index in [-0.39, 0.29) is 0 Å². The van der Waals surface area contributed by atoms with Gasteiger partial charge in [0.15, 0.2) is 0 Å². The van der Waals surface area contributed by atoms with Gasteiger partial charge in [-0.25, -0.2) is 9.38 Å². The summed E-state index contributed by atoms with van der Waals surface area (Å²) < 4.78 is 14.2. The molecule has 0 amide bonds. The molecule has 22 heavy (non-hydrogen) atoms. The van der Waals surface area contributed by atoms with Gasteiger partial charge in [0.2, 0.25) is 0 Å². The lowest BCUT2D eigenvalue weighted by Crippen LogP contribution is -2.35. The van der Waals surface area contributed by atoms with E-state index in [9.17, 15) is 4.39 Å². The molecule has 0 aromatic rings. The van der Waals surface area contributed by atoms with Crippen LogP contribution < -0.4 is 5.32 Å². The standard InChI is InChI=1S/C18H28FN3/c1-6-8-16-13(2)20-14(3)21-17(16)22(5)15-9-7-11-18(4,19)12-10-15/h6,15H,1-2,7-12H2,3-5H3,(H,20,21). The molecule has 2 rings (SSSR count). The van der Waals surface area contributed by atoms with Crippen LogP contribution in [0.4, 0.5) is 4.39 Å².